The average molecular weight is 307 g/mol. The maximum absolute atomic E-state index is 11.7. The van der Waals surface area contributed by atoms with Crippen LogP contribution in [0.4, 0.5) is 4.79 Å². The maximum atomic E-state index is 11.7. The smallest absolute Gasteiger partial charge is 0.317 e. The van der Waals surface area contributed by atoms with E-state index < -0.39 is 21.9 Å². The number of likely N-dealkylation sites (tertiary alicyclic amines) is 1. The van der Waals surface area contributed by atoms with Crippen molar-refractivity contribution < 1.29 is 23.1 Å². The molecular formula is C11H21N3O5S. The van der Waals surface area contributed by atoms with Gasteiger partial charge in [0.05, 0.1) is 11.7 Å². The highest BCUT2D eigenvalue weighted by Crippen LogP contribution is 2.23. The van der Waals surface area contributed by atoms with E-state index in [1.807, 2.05) is 0 Å². The van der Waals surface area contributed by atoms with Gasteiger partial charge in [0.1, 0.15) is 0 Å². The molecule has 2 amide bonds. The Labute approximate surface area is 118 Å². The number of carboxylic acid groups (broad SMARTS) is 1. The second kappa shape index (κ2) is 6.40. The van der Waals surface area contributed by atoms with Crippen LogP contribution in [0.15, 0.2) is 0 Å². The summed E-state index contributed by atoms with van der Waals surface area (Å²) in [6, 6.07) is -0.354. The molecule has 20 heavy (non-hydrogen) atoms. The van der Waals surface area contributed by atoms with E-state index in [4.69, 9.17) is 5.11 Å². The zero-order chi connectivity index (χ0) is 15.5. The SMILES string of the molecule is CC(C(=O)O)C1CN(C(=O)NCCS(=O)(=O)N(C)C)C1. The van der Waals surface area contributed by atoms with Gasteiger partial charge >= 0.3 is 12.0 Å². The summed E-state index contributed by atoms with van der Waals surface area (Å²) in [5.41, 5.74) is 0. The number of sulfonamides is 1. The van der Waals surface area contributed by atoms with Gasteiger partial charge in [-0.2, -0.15) is 0 Å². The lowest BCUT2D eigenvalue weighted by Gasteiger charge is -2.41. The van der Waals surface area contributed by atoms with Crippen LogP contribution >= 0.6 is 0 Å². The molecule has 9 heteroatoms. The number of nitrogens with zero attached hydrogens (tertiary/aromatic N) is 2. The highest BCUT2D eigenvalue weighted by atomic mass is 32.2. The van der Waals surface area contributed by atoms with E-state index in [-0.39, 0.29) is 24.2 Å². The summed E-state index contributed by atoms with van der Waals surface area (Å²) in [6.07, 6.45) is 0. The van der Waals surface area contributed by atoms with E-state index in [0.717, 1.165) is 4.31 Å². The van der Waals surface area contributed by atoms with Crippen LogP contribution in [-0.4, -0.2) is 74.2 Å². The third-order valence-electron chi connectivity index (χ3n) is 3.49. The molecule has 2 N–H and O–H groups in total. The van der Waals surface area contributed by atoms with Gasteiger partial charge in [0.2, 0.25) is 10.0 Å². The van der Waals surface area contributed by atoms with E-state index in [1.54, 1.807) is 6.92 Å². The molecule has 1 aliphatic heterocycles. The zero-order valence-corrected chi connectivity index (χ0v) is 12.7. The van der Waals surface area contributed by atoms with Gasteiger partial charge in [-0.15, -0.1) is 0 Å². The topological polar surface area (TPSA) is 107 Å². The minimum atomic E-state index is -3.32. The molecule has 0 saturated carbocycles. The van der Waals surface area contributed by atoms with Crippen LogP contribution in [0.1, 0.15) is 6.92 Å². The van der Waals surface area contributed by atoms with Crippen LogP contribution in [0.3, 0.4) is 0 Å². The van der Waals surface area contributed by atoms with E-state index in [9.17, 15) is 18.0 Å². The monoisotopic (exact) mass is 307 g/mol. The van der Waals surface area contributed by atoms with Gasteiger partial charge in [0, 0.05) is 39.6 Å². The summed E-state index contributed by atoms with van der Waals surface area (Å²) in [5.74, 6) is -1.54. The Kier molecular flexibility index (Phi) is 5.35. The molecule has 0 aromatic heterocycles. The van der Waals surface area contributed by atoms with Gasteiger partial charge in [-0.3, -0.25) is 4.79 Å². The Bertz CT molecular complexity index is 470. The molecule has 116 valence electrons. The van der Waals surface area contributed by atoms with Crippen molar-refractivity contribution in [3.8, 4) is 0 Å². The Morgan fingerprint density at radius 1 is 1.40 bits per heavy atom. The van der Waals surface area contributed by atoms with Crippen LogP contribution in [0.2, 0.25) is 0 Å². The van der Waals surface area contributed by atoms with Crippen LogP contribution < -0.4 is 5.32 Å². The van der Waals surface area contributed by atoms with Crippen molar-refractivity contribution in [2.24, 2.45) is 11.8 Å². The van der Waals surface area contributed by atoms with Gasteiger partial charge in [0.25, 0.3) is 0 Å². The zero-order valence-electron chi connectivity index (χ0n) is 11.9. The number of amides is 2. The molecule has 0 aliphatic carbocycles. The molecule has 8 nitrogen and oxygen atoms in total. The lowest BCUT2D eigenvalue weighted by Crippen LogP contribution is -2.56. The third kappa shape index (κ3) is 4.07. The fraction of sp³-hybridized carbons (Fsp3) is 0.818. The first-order valence-electron chi connectivity index (χ1n) is 6.31. The Morgan fingerprint density at radius 3 is 2.40 bits per heavy atom. The van der Waals surface area contributed by atoms with Crippen molar-refractivity contribution >= 4 is 22.0 Å². The fourth-order valence-electron chi connectivity index (χ4n) is 1.78. The number of urea groups is 1. The highest BCUT2D eigenvalue weighted by molar-refractivity contribution is 7.89. The quantitative estimate of drug-likeness (QED) is 0.671. The van der Waals surface area contributed by atoms with Crippen molar-refractivity contribution in [2.45, 2.75) is 6.92 Å². The Balaban J connectivity index is 2.29. The number of carbonyl (C=O) groups is 2. The summed E-state index contributed by atoms with van der Waals surface area (Å²) >= 11 is 0. The standard InChI is InChI=1S/C11H21N3O5S/c1-8(10(15)16)9-6-14(7-9)11(17)12-4-5-20(18,19)13(2)3/h8-9H,4-7H2,1-3H3,(H,12,17)(H,15,16). The molecule has 1 fully saturated rings. The summed E-state index contributed by atoms with van der Waals surface area (Å²) in [5, 5.41) is 11.4. The first kappa shape index (κ1) is 16.7. The van der Waals surface area contributed by atoms with Gasteiger partial charge in [-0.25, -0.2) is 17.5 Å². The molecule has 0 aromatic rings. The summed E-state index contributed by atoms with van der Waals surface area (Å²) in [7, 11) is -0.451. The second-order valence-corrected chi connectivity index (χ2v) is 7.42. The lowest BCUT2D eigenvalue weighted by atomic mass is 9.87. The minimum absolute atomic E-state index is 0.0367. The predicted molar refractivity (Wildman–Crippen MR) is 72.7 cm³/mol. The number of hydrogen-bond acceptors (Lipinski definition) is 4. The molecule has 0 bridgehead atoms. The van der Waals surface area contributed by atoms with Crippen molar-refractivity contribution in [1.82, 2.24) is 14.5 Å². The third-order valence-corrected chi connectivity index (χ3v) is 5.32. The molecule has 1 atom stereocenters. The molecule has 1 heterocycles. The van der Waals surface area contributed by atoms with Gasteiger partial charge in [-0.1, -0.05) is 6.92 Å². The van der Waals surface area contributed by atoms with Crippen molar-refractivity contribution in [2.75, 3.05) is 39.5 Å². The first-order valence-corrected chi connectivity index (χ1v) is 7.92. The first-order chi connectivity index (χ1) is 9.15. The molecule has 0 spiro atoms. The largest absolute Gasteiger partial charge is 0.481 e. The highest BCUT2D eigenvalue weighted by Gasteiger charge is 2.37. The van der Waals surface area contributed by atoms with Gasteiger partial charge in [0.15, 0.2) is 0 Å². The van der Waals surface area contributed by atoms with E-state index in [1.165, 1.54) is 19.0 Å². The molecule has 1 saturated heterocycles. The predicted octanol–water partition coefficient (Wildman–Crippen LogP) is -0.760. The number of nitrogens with one attached hydrogen (secondary N) is 1. The van der Waals surface area contributed by atoms with Crippen LogP contribution in [0.25, 0.3) is 0 Å². The molecule has 1 unspecified atom stereocenters. The number of hydrogen-bond donors (Lipinski definition) is 2. The Hall–Kier alpha value is -1.35. The summed E-state index contributed by atoms with van der Waals surface area (Å²) in [6.45, 7) is 2.43. The number of rotatable bonds is 6. The normalized spacial score (nSPS) is 17.7. The summed E-state index contributed by atoms with van der Waals surface area (Å²) in [4.78, 5) is 23.9. The van der Waals surface area contributed by atoms with Crippen LogP contribution in [0, 0.1) is 11.8 Å². The minimum Gasteiger partial charge on any atom is -0.481 e. The molecule has 0 aromatic carbocycles. The molecule has 1 aliphatic rings. The maximum Gasteiger partial charge on any atom is 0.317 e. The van der Waals surface area contributed by atoms with Crippen molar-refractivity contribution in [3.63, 3.8) is 0 Å². The average Bonchev–Trinajstić information content (AvgIpc) is 2.26. The number of carbonyl (C=O) groups excluding carboxylic acids is 1. The van der Waals surface area contributed by atoms with Crippen LogP contribution in [-0.2, 0) is 14.8 Å². The van der Waals surface area contributed by atoms with Crippen molar-refractivity contribution in [1.29, 1.82) is 0 Å². The van der Waals surface area contributed by atoms with Crippen LogP contribution in [0.5, 0.6) is 0 Å². The van der Waals surface area contributed by atoms with Crippen molar-refractivity contribution in [3.05, 3.63) is 0 Å². The van der Waals surface area contributed by atoms with Gasteiger partial charge in [-0.05, 0) is 0 Å². The molecule has 0 radical (unpaired) electrons. The molecule has 1 rings (SSSR count). The fourth-order valence-corrected chi connectivity index (χ4v) is 2.50. The molecular weight excluding hydrogens is 286 g/mol. The summed E-state index contributed by atoms with van der Waals surface area (Å²) < 4.78 is 24.1. The van der Waals surface area contributed by atoms with E-state index in [2.05, 4.69) is 5.32 Å². The van der Waals surface area contributed by atoms with E-state index >= 15 is 0 Å². The second-order valence-electron chi connectivity index (χ2n) is 5.12. The number of aliphatic carboxylic acids is 1. The lowest BCUT2D eigenvalue weighted by molar-refractivity contribution is -0.144. The Morgan fingerprint density at radius 2 is 1.95 bits per heavy atom. The van der Waals surface area contributed by atoms with E-state index in [0.29, 0.717) is 13.1 Å². The van der Waals surface area contributed by atoms with Gasteiger partial charge < -0.3 is 15.3 Å². The number of carboxylic acids is 1.